The fourth-order valence-corrected chi connectivity index (χ4v) is 0. The highest BCUT2D eigenvalue weighted by Gasteiger charge is 1.25. The summed E-state index contributed by atoms with van der Waals surface area (Å²) in [5, 5.41) is 2.75. The molecule has 38 valence electrons. The van der Waals surface area contributed by atoms with E-state index in [1.54, 1.807) is 0 Å². The van der Waals surface area contributed by atoms with Gasteiger partial charge in [0.15, 0.2) is 0 Å². The molecule has 0 radical (unpaired) electrons. The Balaban J connectivity index is 0. The second-order valence-corrected chi connectivity index (χ2v) is 1.30. The van der Waals surface area contributed by atoms with E-state index < -0.39 is 0 Å². The van der Waals surface area contributed by atoms with Crippen molar-refractivity contribution in [3.05, 3.63) is 0 Å². The van der Waals surface area contributed by atoms with Crippen LogP contribution in [0.1, 0.15) is 0 Å². The second-order valence-electron chi connectivity index (χ2n) is 0.589. The minimum absolute atomic E-state index is 1.06. The molecule has 0 aromatic rings. The van der Waals surface area contributed by atoms with Crippen LogP contribution >= 0.6 is 23.8 Å². The van der Waals surface area contributed by atoms with Gasteiger partial charge in [-0.25, -0.2) is 0 Å². The van der Waals surface area contributed by atoms with Crippen molar-refractivity contribution >= 4 is 28.6 Å². The summed E-state index contributed by atoms with van der Waals surface area (Å²) in [6.45, 7) is 0. The summed E-state index contributed by atoms with van der Waals surface area (Å²) in [5.41, 5.74) is 0. The van der Waals surface area contributed by atoms with E-state index in [2.05, 4.69) is 29.1 Å². The molecule has 1 N–H and O–H groups in total. The highest BCUT2D eigenvalue weighted by Crippen LogP contribution is 1.51. The Kier molecular flexibility index (Phi) is 29.4. The van der Waals surface area contributed by atoms with E-state index in [0.29, 0.717) is 0 Å². The van der Waals surface area contributed by atoms with Crippen LogP contribution in [0.5, 0.6) is 0 Å². The maximum absolute atomic E-state index is 4.69. The van der Waals surface area contributed by atoms with Crippen molar-refractivity contribution < 1.29 is 0 Å². The molecule has 1 nitrogen and oxygen atoms in total. The summed E-state index contributed by atoms with van der Waals surface area (Å²) in [7, 11) is 3.75. The van der Waals surface area contributed by atoms with E-state index in [1.165, 1.54) is 0 Å². The summed E-state index contributed by atoms with van der Waals surface area (Å²) < 4.78 is 0. The molecule has 0 bridgehead atoms. The van der Waals surface area contributed by atoms with Crippen LogP contribution in [0, 0.1) is 0 Å². The lowest BCUT2D eigenvalue weighted by atomic mass is 11.3. The second kappa shape index (κ2) is 18.4. The third-order valence-electron chi connectivity index (χ3n) is 0. The van der Waals surface area contributed by atoms with E-state index >= 15 is 0 Å². The van der Waals surface area contributed by atoms with Crippen molar-refractivity contribution in [2.75, 3.05) is 14.1 Å². The molecule has 0 aromatic carbocycles. The van der Waals surface area contributed by atoms with Gasteiger partial charge in [0.05, 0.1) is 4.83 Å². The van der Waals surface area contributed by atoms with Crippen molar-refractivity contribution in [1.29, 1.82) is 0 Å². The quantitative estimate of drug-likeness (QED) is 0.383. The number of hydrogen-bond acceptors (Lipinski definition) is 2. The molecular formula is C3H8ClNS. The van der Waals surface area contributed by atoms with Crippen LogP contribution in [0.3, 0.4) is 0 Å². The predicted molar refractivity (Wildman–Crippen MR) is 34.5 cm³/mol. The van der Waals surface area contributed by atoms with Crippen molar-refractivity contribution in [2.45, 2.75) is 0 Å². The summed E-state index contributed by atoms with van der Waals surface area (Å²) in [6.07, 6.45) is 0. The Bertz CT molecular complexity index is 24.8. The summed E-state index contributed by atoms with van der Waals surface area (Å²) in [4.78, 5) is 1.06. The van der Waals surface area contributed by atoms with Crippen LogP contribution in [-0.4, -0.2) is 18.9 Å². The lowest BCUT2D eigenvalue weighted by Crippen LogP contribution is -1.89. The molecule has 0 atom stereocenters. The molecule has 0 aliphatic rings. The fourth-order valence-electron chi connectivity index (χ4n) is 0. The van der Waals surface area contributed by atoms with Crippen LogP contribution in [0.4, 0.5) is 0 Å². The maximum Gasteiger partial charge on any atom is 0.0674 e. The number of thiocarbonyl (C=S) groups is 1. The van der Waals surface area contributed by atoms with Gasteiger partial charge in [-0.05, 0) is 14.1 Å². The first kappa shape index (κ1) is 9.60. The van der Waals surface area contributed by atoms with E-state index in [9.17, 15) is 0 Å². The molecule has 0 rings (SSSR count). The van der Waals surface area contributed by atoms with E-state index in [1.807, 2.05) is 14.1 Å². The first-order valence-corrected chi connectivity index (χ1v) is 2.36. The van der Waals surface area contributed by atoms with Gasteiger partial charge in [-0.15, -0.1) is 0 Å². The van der Waals surface area contributed by atoms with Gasteiger partial charge in [-0.2, -0.15) is 0 Å². The van der Waals surface area contributed by atoms with Crippen molar-refractivity contribution in [3.8, 4) is 0 Å². The largest absolute Gasteiger partial charge is 0.323 e. The first-order chi connectivity index (χ1) is 2.83. The van der Waals surface area contributed by atoms with E-state index in [4.69, 9.17) is 0 Å². The minimum Gasteiger partial charge on any atom is -0.323 e. The average molecular weight is 126 g/mol. The van der Waals surface area contributed by atoms with E-state index in [-0.39, 0.29) is 0 Å². The van der Waals surface area contributed by atoms with Gasteiger partial charge in [0.1, 0.15) is 0 Å². The summed E-state index contributed by atoms with van der Waals surface area (Å²) >= 11 is 8.72. The molecular weight excluding hydrogens is 118 g/mol. The van der Waals surface area contributed by atoms with Crippen molar-refractivity contribution in [1.82, 2.24) is 5.32 Å². The van der Waals surface area contributed by atoms with Crippen LogP contribution in [0.25, 0.3) is 0 Å². The molecule has 0 saturated heterocycles. The SMILES string of the molecule is CNC.S=CCl. The number of nitrogens with one attached hydrogen (secondary N) is 1. The number of halogens is 1. The van der Waals surface area contributed by atoms with Crippen molar-refractivity contribution in [2.24, 2.45) is 0 Å². The first-order valence-electron chi connectivity index (χ1n) is 1.45. The third-order valence-corrected chi connectivity index (χ3v) is 0. The van der Waals surface area contributed by atoms with Gasteiger partial charge in [0.2, 0.25) is 0 Å². The summed E-state index contributed by atoms with van der Waals surface area (Å²) in [5.74, 6) is 0. The Labute approximate surface area is 48.7 Å². The molecule has 6 heavy (non-hydrogen) atoms. The molecule has 0 heterocycles. The van der Waals surface area contributed by atoms with Crippen molar-refractivity contribution in [3.63, 3.8) is 0 Å². The van der Waals surface area contributed by atoms with E-state index in [0.717, 1.165) is 4.83 Å². The Morgan fingerprint density at radius 3 is 1.67 bits per heavy atom. The van der Waals surface area contributed by atoms with Gasteiger partial charge >= 0.3 is 0 Å². The molecule has 0 aromatic heterocycles. The zero-order valence-electron chi connectivity index (χ0n) is 3.86. The molecule has 0 aliphatic carbocycles. The topological polar surface area (TPSA) is 12.0 Å². The highest BCUT2D eigenvalue weighted by atomic mass is 35.5. The van der Waals surface area contributed by atoms with Crippen LogP contribution < -0.4 is 5.32 Å². The van der Waals surface area contributed by atoms with Gasteiger partial charge in [0.25, 0.3) is 0 Å². The summed E-state index contributed by atoms with van der Waals surface area (Å²) in [6, 6.07) is 0. The Morgan fingerprint density at radius 2 is 1.67 bits per heavy atom. The van der Waals surface area contributed by atoms with Crippen LogP contribution in [-0.2, 0) is 0 Å². The monoisotopic (exact) mass is 125 g/mol. The van der Waals surface area contributed by atoms with Gasteiger partial charge in [-0.1, -0.05) is 23.8 Å². The van der Waals surface area contributed by atoms with Gasteiger partial charge in [-0.3, -0.25) is 0 Å². The smallest absolute Gasteiger partial charge is 0.0674 e. The Hall–Kier alpha value is 0.340. The number of hydrogen-bond donors (Lipinski definition) is 1. The van der Waals surface area contributed by atoms with Crippen LogP contribution in [0.2, 0.25) is 0 Å². The average Bonchev–Trinajstić information content (AvgIpc) is 1.39. The lowest BCUT2D eigenvalue weighted by Gasteiger charge is -1.59. The molecule has 0 fully saturated rings. The fraction of sp³-hybridized carbons (Fsp3) is 0.667. The molecule has 0 spiro atoms. The zero-order chi connectivity index (χ0) is 5.41. The lowest BCUT2D eigenvalue weighted by molar-refractivity contribution is 1.02. The maximum atomic E-state index is 4.69. The normalized spacial score (nSPS) is 5.17. The zero-order valence-corrected chi connectivity index (χ0v) is 5.44. The molecule has 0 saturated carbocycles. The standard InChI is InChI=1S/C2H7N.CHClS/c1-3-2;2-1-3/h3H,1-2H3;1H. The van der Waals surface area contributed by atoms with Gasteiger partial charge in [0, 0.05) is 0 Å². The van der Waals surface area contributed by atoms with Crippen LogP contribution in [0.15, 0.2) is 0 Å². The molecule has 0 aliphatic heterocycles. The number of rotatable bonds is 0. The highest BCUT2D eigenvalue weighted by molar-refractivity contribution is 7.81. The predicted octanol–water partition coefficient (Wildman–Crippen LogP) is 1.02. The molecule has 3 heteroatoms. The van der Waals surface area contributed by atoms with Gasteiger partial charge < -0.3 is 5.32 Å². The minimum atomic E-state index is 1.06. The molecule has 0 amide bonds. The molecule has 0 unspecified atom stereocenters. The Morgan fingerprint density at radius 1 is 1.67 bits per heavy atom. The third kappa shape index (κ3) is 419.